The summed E-state index contributed by atoms with van der Waals surface area (Å²) in [5, 5.41) is 8.66. The van der Waals surface area contributed by atoms with E-state index in [1.165, 1.54) is 6.08 Å². The zero-order chi connectivity index (χ0) is 15.1. The van der Waals surface area contributed by atoms with Crippen molar-refractivity contribution in [1.82, 2.24) is 0 Å². The van der Waals surface area contributed by atoms with Crippen LogP contribution >= 0.6 is 0 Å². The Morgan fingerprint density at radius 3 is 2.62 bits per heavy atom. The first-order chi connectivity index (χ1) is 10.2. The van der Waals surface area contributed by atoms with Crippen LogP contribution in [0.1, 0.15) is 11.1 Å². The van der Waals surface area contributed by atoms with Gasteiger partial charge in [-0.1, -0.05) is 24.3 Å². The fraction of sp³-hybridized carbons (Fsp3) is 0.118. The van der Waals surface area contributed by atoms with Crippen LogP contribution in [0, 0.1) is 0 Å². The van der Waals surface area contributed by atoms with Crippen molar-refractivity contribution in [2.24, 2.45) is 0 Å². The maximum absolute atomic E-state index is 10.6. The van der Waals surface area contributed by atoms with E-state index in [4.69, 9.17) is 14.6 Å². The first-order valence-corrected chi connectivity index (χ1v) is 6.45. The smallest absolute Gasteiger partial charge is 0.328 e. The van der Waals surface area contributed by atoms with Crippen LogP contribution in [0.4, 0.5) is 0 Å². The van der Waals surface area contributed by atoms with E-state index in [-0.39, 0.29) is 0 Å². The number of hydrogen-bond acceptors (Lipinski definition) is 3. The summed E-state index contributed by atoms with van der Waals surface area (Å²) in [6.45, 7) is 0.349. The summed E-state index contributed by atoms with van der Waals surface area (Å²) in [4.78, 5) is 10.6. The number of carboxylic acids is 1. The minimum absolute atomic E-state index is 0.349. The van der Waals surface area contributed by atoms with Gasteiger partial charge >= 0.3 is 5.97 Å². The van der Waals surface area contributed by atoms with Crippen molar-refractivity contribution in [2.45, 2.75) is 6.61 Å². The Balaban J connectivity index is 2.16. The largest absolute Gasteiger partial charge is 0.496 e. The first kappa shape index (κ1) is 14.7. The van der Waals surface area contributed by atoms with Crippen LogP contribution in [0.5, 0.6) is 11.5 Å². The Labute approximate surface area is 123 Å². The van der Waals surface area contributed by atoms with E-state index in [0.717, 1.165) is 23.0 Å². The Morgan fingerprint density at radius 2 is 1.95 bits per heavy atom. The molecule has 0 bridgehead atoms. The molecule has 0 unspecified atom stereocenters. The van der Waals surface area contributed by atoms with E-state index in [9.17, 15) is 4.79 Å². The SMILES string of the molecule is COc1ccc(C=CC(=O)O)cc1COc1ccccc1. The van der Waals surface area contributed by atoms with Crippen molar-refractivity contribution >= 4 is 12.0 Å². The Morgan fingerprint density at radius 1 is 1.19 bits per heavy atom. The van der Waals surface area contributed by atoms with Gasteiger partial charge in [-0.15, -0.1) is 0 Å². The Kier molecular flexibility index (Phi) is 4.99. The summed E-state index contributed by atoms with van der Waals surface area (Å²) in [6, 6.07) is 14.9. The molecule has 0 heterocycles. The second-order valence-corrected chi connectivity index (χ2v) is 4.34. The lowest BCUT2D eigenvalue weighted by atomic mass is 10.1. The number of methoxy groups -OCH3 is 1. The van der Waals surface area contributed by atoms with Gasteiger partial charge < -0.3 is 14.6 Å². The van der Waals surface area contributed by atoms with Gasteiger partial charge in [0.15, 0.2) is 0 Å². The maximum atomic E-state index is 10.6. The number of carboxylic acid groups (broad SMARTS) is 1. The fourth-order valence-electron chi connectivity index (χ4n) is 1.86. The normalized spacial score (nSPS) is 10.5. The zero-order valence-electron chi connectivity index (χ0n) is 11.7. The minimum atomic E-state index is -0.979. The molecule has 2 aromatic carbocycles. The molecule has 0 aliphatic rings. The van der Waals surface area contributed by atoms with Crippen molar-refractivity contribution in [3.8, 4) is 11.5 Å². The molecular formula is C17H16O4. The summed E-state index contributed by atoms with van der Waals surface area (Å²) in [5.74, 6) is 0.498. The van der Waals surface area contributed by atoms with Crippen LogP contribution in [0.25, 0.3) is 6.08 Å². The molecule has 108 valence electrons. The second kappa shape index (κ2) is 7.14. The lowest BCUT2D eigenvalue weighted by Gasteiger charge is -2.11. The molecule has 4 heteroatoms. The molecule has 0 saturated heterocycles. The van der Waals surface area contributed by atoms with Gasteiger partial charge in [-0.2, -0.15) is 0 Å². The molecule has 1 N–H and O–H groups in total. The van der Waals surface area contributed by atoms with Crippen LogP contribution < -0.4 is 9.47 Å². The molecule has 0 spiro atoms. The lowest BCUT2D eigenvalue weighted by Crippen LogP contribution is -1.99. The molecule has 21 heavy (non-hydrogen) atoms. The number of aliphatic carboxylic acids is 1. The number of hydrogen-bond donors (Lipinski definition) is 1. The summed E-state index contributed by atoms with van der Waals surface area (Å²) in [7, 11) is 1.59. The van der Waals surface area contributed by atoms with Gasteiger partial charge in [-0.3, -0.25) is 0 Å². The first-order valence-electron chi connectivity index (χ1n) is 6.45. The van der Waals surface area contributed by atoms with Gasteiger partial charge in [-0.05, 0) is 35.9 Å². The second-order valence-electron chi connectivity index (χ2n) is 4.34. The lowest BCUT2D eigenvalue weighted by molar-refractivity contribution is -0.131. The molecule has 4 nitrogen and oxygen atoms in total. The van der Waals surface area contributed by atoms with E-state index in [0.29, 0.717) is 12.4 Å². The van der Waals surface area contributed by atoms with Gasteiger partial charge in [0, 0.05) is 11.6 Å². The van der Waals surface area contributed by atoms with Gasteiger partial charge in [0.05, 0.1) is 7.11 Å². The Bertz CT molecular complexity index is 632. The average Bonchev–Trinajstić information content (AvgIpc) is 2.52. The van der Waals surface area contributed by atoms with Crippen LogP contribution in [-0.2, 0) is 11.4 Å². The molecule has 0 aliphatic carbocycles. The van der Waals surface area contributed by atoms with Crippen molar-refractivity contribution in [2.75, 3.05) is 7.11 Å². The average molecular weight is 284 g/mol. The summed E-state index contributed by atoms with van der Waals surface area (Å²) < 4.78 is 11.0. The minimum Gasteiger partial charge on any atom is -0.496 e. The molecule has 2 aromatic rings. The molecule has 0 amide bonds. The highest BCUT2D eigenvalue weighted by Gasteiger charge is 2.05. The van der Waals surface area contributed by atoms with Crippen molar-refractivity contribution in [3.63, 3.8) is 0 Å². The van der Waals surface area contributed by atoms with Crippen molar-refractivity contribution < 1.29 is 19.4 Å². The third kappa shape index (κ3) is 4.38. The highest BCUT2D eigenvalue weighted by atomic mass is 16.5. The van der Waals surface area contributed by atoms with Gasteiger partial charge in [-0.25, -0.2) is 4.79 Å². The molecule has 2 rings (SSSR count). The summed E-state index contributed by atoms with van der Waals surface area (Å²) in [5.41, 5.74) is 1.64. The van der Waals surface area contributed by atoms with Crippen LogP contribution in [0.15, 0.2) is 54.6 Å². The monoisotopic (exact) mass is 284 g/mol. The van der Waals surface area contributed by atoms with Gasteiger partial charge in [0.1, 0.15) is 18.1 Å². The van der Waals surface area contributed by atoms with E-state index in [2.05, 4.69) is 0 Å². The molecule has 0 aromatic heterocycles. The standard InChI is InChI=1S/C17H16O4/c1-20-16-9-7-13(8-10-17(18)19)11-14(16)12-21-15-5-3-2-4-6-15/h2-11H,12H2,1H3,(H,18,19). The quantitative estimate of drug-likeness (QED) is 0.826. The summed E-state index contributed by atoms with van der Waals surface area (Å²) >= 11 is 0. The summed E-state index contributed by atoms with van der Waals surface area (Å²) in [6.07, 6.45) is 2.64. The molecule has 0 fully saturated rings. The predicted octanol–water partition coefficient (Wildman–Crippen LogP) is 3.37. The molecule has 0 aliphatic heterocycles. The van der Waals surface area contributed by atoms with E-state index in [1.54, 1.807) is 19.2 Å². The third-order valence-electron chi connectivity index (χ3n) is 2.86. The van der Waals surface area contributed by atoms with Crippen molar-refractivity contribution in [1.29, 1.82) is 0 Å². The third-order valence-corrected chi connectivity index (χ3v) is 2.86. The van der Waals surface area contributed by atoms with Gasteiger partial charge in [0.2, 0.25) is 0 Å². The number of para-hydroxylation sites is 1. The van der Waals surface area contributed by atoms with E-state index in [1.807, 2.05) is 36.4 Å². The van der Waals surface area contributed by atoms with Crippen LogP contribution in [0.3, 0.4) is 0 Å². The maximum Gasteiger partial charge on any atom is 0.328 e. The highest BCUT2D eigenvalue weighted by Crippen LogP contribution is 2.22. The number of rotatable bonds is 6. The number of benzene rings is 2. The zero-order valence-corrected chi connectivity index (χ0v) is 11.7. The molecular weight excluding hydrogens is 268 g/mol. The van der Waals surface area contributed by atoms with Crippen molar-refractivity contribution in [3.05, 3.63) is 65.7 Å². The highest BCUT2D eigenvalue weighted by molar-refractivity contribution is 5.85. The molecule has 0 saturated carbocycles. The Hall–Kier alpha value is -2.75. The predicted molar refractivity (Wildman–Crippen MR) is 80.4 cm³/mol. The topological polar surface area (TPSA) is 55.8 Å². The number of carbonyl (C=O) groups is 1. The molecule has 0 radical (unpaired) electrons. The molecule has 0 atom stereocenters. The number of ether oxygens (including phenoxy) is 2. The van der Waals surface area contributed by atoms with Gasteiger partial charge in [0.25, 0.3) is 0 Å². The van der Waals surface area contributed by atoms with E-state index < -0.39 is 5.97 Å². The van der Waals surface area contributed by atoms with Crippen LogP contribution in [0.2, 0.25) is 0 Å². The fourth-order valence-corrected chi connectivity index (χ4v) is 1.86. The van der Waals surface area contributed by atoms with E-state index >= 15 is 0 Å². The van der Waals surface area contributed by atoms with Crippen LogP contribution in [-0.4, -0.2) is 18.2 Å².